The highest BCUT2D eigenvalue weighted by molar-refractivity contribution is 6.13. The molecular weight excluding hydrogens is 737 g/mol. The van der Waals surface area contributed by atoms with Crippen molar-refractivity contribution in [1.82, 2.24) is 9.13 Å². The van der Waals surface area contributed by atoms with Crippen LogP contribution in [0.15, 0.2) is 58.1 Å². The third kappa shape index (κ3) is 12.8. The molecule has 2 heterocycles. The van der Waals surface area contributed by atoms with Crippen LogP contribution >= 0.6 is 0 Å². The number of carboxylic acid groups (broad SMARTS) is 3. The topological polar surface area (TPSA) is 183 Å². The van der Waals surface area contributed by atoms with E-state index in [0.717, 1.165) is 53.5 Å². The molecule has 2 aromatic carbocycles. The van der Waals surface area contributed by atoms with Gasteiger partial charge in [-0.2, -0.15) is 5.26 Å². The molecule has 0 atom stereocenters. The van der Waals surface area contributed by atoms with E-state index in [1.54, 1.807) is 6.08 Å². The molecule has 0 saturated carbocycles. The molecule has 12 heteroatoms. The van der Waals surface area contributed by atoms with E-state index in [9.17, 15) is 44.6 Å². The summed E-state index contributed by atoms with van der Waals surface area (Å²) in [5, 5.41) is 37.4. The molecule has 4 rings (SSSR count). The number of benzene rings is 2. The average molecular weight is 793 g/mol. The van der Waals surface area contributed by atoms with Gasteiger partial charge in [0.25, 0.3) is 11.1 Å². The maximum absolute atomic E-state index is 13.4. The Morgan fingerprint density at radius 2 is 1.17 bits per heavy atom. The second-order valence-corrected chi connectivity index (χ2v) is 14.8. The van der Waals surface area contributed by atoms with E-state index in [1.165, 1.54) is 102 Å². The Labute approximate surface area is 339 Å². The second kappa shape index (κ2) is 23.3. The van der Waals surface area contributed by atoms with E-state index in [4.69, 9.17) is 0 Å². The van der Waals surface area contributed by atoms with Crippen LogP contribution in [0, 0.1) is 11.3 Å². The van der Waals surface area contributed by atoms with Crippen molar-refractivity contribution in [2.24, 2.45) is 0 Å². The molecule has 0 bridgehead atoms. The van der Waals surface area contributed by atoms with E-state index < -0.39 is 58.4 Å². The molecule has 3 N–H and O–H groups in total. The van der Waals surface area contributed by atoms with Gasteiger partial charge >= 0.3 is 17.9 Å². The second-order valence-electron chi connectivity index (χ2n) is 14.8. The minimum atomic E-state index is -1.86. The first-order valence-electron chi connectivity index (χ1n) is 20.6. The fourth-order valence-corrected chi connectivity index (χ4v) is 7.44. The van der Waals surface area contributed by atoms with Gasteiger partial charge in [0.05, 0.1) is 0 Å². The first-order valence-corrected chi connectivity index (χ1v) is 20.6. The van der Waals surface area contributed by atoms with Crippen molar-refractivity contribution in [3.05, 3.63) is 96.6 Å². The highest BCUT2D eigenvalue weighted by Crippen LogP contribution is 2.37. The van der Waals surface area contributed by atoms with Gasteiger partial charge in [-0.05, 0) is 47.4 Å². The molecule has 0 aliphatic carbocycles. The number of nitrogens with zero attached hydrogens (tertiary/aromatic N) is 4. The van der Waals surface area contributed by atoms with Gasteiger partial charge < -0.3 is 20.2 Å². The number of hydrogen-bond donors (Lipinski definition) is 3. The van der Waals surface area contributed by atoms with Crippen LogP contribution < -0.4 is 26.7 Å². The zero-order valence-electron chi connectivity index (χ0n) is 33.5. The van der Waals surface area contributed by atoms with Gasteiger partial charge in [-0.3, -0.25) is 28.3 Å². The van der Waals surface area contributed by atoms with Crippen LogP contribution in [0.1, 0.15) is 126 Å². The van der Waals surface area contributed by atoms with Crippen molar-refractivity contribution in [1.29, 1.82) is 5.26 Å². The monoisotopic (exact) mass is 792 g/mol. The van der Waals surface area contributed by atoms with Gasteiger partial charge in [0, 0.05) is 17.9 Å². The SMILES string of the molecule is CCCCCCCCCCCCCCCCCCN1c2ccccc2C=Cc2cc(/C=C/C=c3c(=O)n(CC(=O)O)c(=C(C#N)C(=O)O)n(CC(=O)O)c3=O)ccc21. The van der Waals surface area contributed by atoms with Gasteiger partial charge in [-0.25, -0.2) is 4.79 Å². The van der Waals surface area contributed by atoms with Crippen LogP contribution in [0.2, 0.25) is 0 Å². The third-order valence-corrected chi connectivity index (χ3v) is 10.4. The summed E-state index contributed by atoms with van der Waals surface area (Å²) in [6, 6.07) is 15.5. The van der Waals surface area contributed by atoms with Crippen LogP contribution in [0.4, 0.5) is 11.4 Å². The number of hydrogen-bond acceptors (Lipinski definition) is 7. The van der Waals surface area contributed by atoms with Gasteiger partial charge in [0.1, 0.15) is 29.9 Å². The Balaban J connectivity index is 1.47. The standard InChI is InChI=1S/C46H56N4O8/c1-2-3-4-5-6-7-8-9-10-11-12-13-14-15-16-19-29-48-39-24-18-17-22-35(39)26-27-36-30-34(25-28-40(36)48)21-20-23-37-44(55)49(32-41(51)52)43(38(31-47)46(57)58)50(45(37)56)33-42(53)54/h17-18,20-28,30H,2-16,19,29,32-33H2,1H3,(H,51,52)(H,53,54)(H,57,58)/b21-20+,37-23?,43-38?. The molecular formula is C46H56N4O8. The molecule has 1 aliphatic rings. The van der Waals surface area contributed by atoms with Crippen LogP contribution in [0.3, 0.4) is 0 Å². The first kappa shape index (κ1) is 44.8. The largest absolute Gasteiger partial charge is 0.480 e. The van der Waals surface area contributed by atoms with Crippen molar-refractivity contribution >= 4 is 59.2 Å². The van der Waals surface area contributed by atoms with Crippen molar-refractivity contribution in [2.45, 2.75) is 123 Å². The summed E-state index contributed by atoms with van der Waals surface area (Å²) in [6.07, 6.45) is 29.2. The van der Waals surface area contributed by atoms with Gasteiger partial charge in [0.15, 0.2) is 5.57 Å². The number of nitriles is 1. The predicted molar refractivity (Wildman–Crippen MR) is 228 cm³/mol. The molecule has 0 radical (unpaired) electrons. The Morgan fingerprint density at radius 3 is 1.69 bits per heavy atom. The molecule has 1 aliphatic heterocycles. The third-order valence-electron chi connectivity index (χ3n) is 10.4. The summed E-state index contributed by atoms with van der Waals surface area (Å²) in [5.74, 6) is -5.01. The van der Waals surface area contributed by atoms with Crippen LogP contribution in [0.25, 0.3) is 29.9 Å². The number of para-hydroxylation sites is 1. The quantitative estimate of drug-likeness (QED) is 0.0778. The molecule has 0 saturated heterocycles. The molecule has 58 heavy (non-hydrogen) atoms. The summed E-state index contributed by atoms with van der Waals surface area (Å²) >= 11 is 0. The number of aromatic nitrogens is 2. The number of carboxylic acids is 3. The number of anilines is 2. The Kier molecular flexibility index (Phi) is 18.0. The van der Waals surface area contributed by atoms with E-state index in [-0.39, 0.29) is 0 Å². The van der Waals surface area contributed by atoms with E-state index in [0.29, 0.717) is 9.13 Å². The normalized spacial score (nSPS) is 11.8. The van der Waals surface area contributed by atoms with Gasteiger partial charge in [-0.1, -0.05) is 152 Å². The Morgan fingerprint density at radius 1 is 0.672 bits per heavy atom. The van der Waals surface area contributed by atoms with Gasteiger partial charge in [-0.15, -0.1) is 0 Å². The molecule has 0 fully saturated rings. The smallest absolute Gasteiger partial charge is 0.350 e. The van der Waals surface area contributed by atoms with Gasteiger partial charge in [0.2, 0.25) is 0 Å². The van der Waals surface area contributed by atoms with Crippen LogP contribution in [-0.2, 0) is 27.5 Å². The number of rotatable bonds is 24. The number of allylic oxidation sites excluding steroid dienone is 1. The first-order chi connectivity index (χ1) is 28.1. The molecule has 0 unspecified atom stereocenters. The molecule has 308 valence electrons. The van der Waals surface area contributed by atoms with Crippen molar-refractivity contribution < 1.29 is 29.7 Å². The zero-order valence-corrected chi connectivity index (χ0v) is 33.5. The maximum Gasteiger partial charge on any atom is 0.350 e. The summed E-state index contributed by atoms with van der Waals surface area (Å²) in [6.45, 7) is 0.873. The number of unbranched alkanes of at least 4 members (excludes halogenated alkanes) is 15. The van der Waals surface area contributed by atoms with Crippen molar-refractivity contribution in [3.63, 3.8) is 0 Å². The Hall–Kier alpha value is -5.96. The van der Waals surface area contributed by atoms with Crippen molar-refractivity contribution in [2.75, 3.05) is 11.4 Å². The van der Waals surface area contributed by atoms with Crippen LogP contribution in [-0.4, -0.2) is 48.9 Å². The molecule has 12 nitrogen and oxygen atoms in total. The van der Waals surface area contributed by atoms with Crippen molar-refractivity contribution in [3.8, 4) is 6.07 Å². The number of carbonyl (C=O) groups is 3. The van der Waals surface area contributed by atoms with E-state index >= 15 is 0 Å². The van der Waals surface area contributed by atoms with E-state index in [1.807, 2.05) is 36.4 Å². The highest BCUT2D eigenvalue weighted by Gasteiger charge is 2.21. The lowest BCUT2D eigenvalue weighted by Crippen LogP contribution is -2.60. The summed E-state index contributed by atoms with van der Waals surface area (Å²) in [4.78, 5) is 64.4. The summed E-state index contributed by atoms with van der Waals surface area (Å²) < 4.78 is 0.829. The molecule has 3 aromatic rings. The molecule has 0 spiro atoms. The zero-order chi connectivity index (χ0) is 41.9. The maximum atomic E-state index is 13.4. The average Bonchev–Trinajstić information content (AvgIpc) is 3.35. The fraction of sp³-hybridized carbons (Fsp3) is 0.435. The highest BCUT2D eigenvalue weighted by atomic mass is 16.4. The number of fused-ring (bicyclic) bond motifs is 2. The summed E-state index contributed by atoms with van der Waals surface area (Å²) in [5.41, 5.74) is 0.501. The predicted octanol–water partition coefficient (Wildman–Crippen LogP) is 7.32. The van der Waals surface area contributed by atoms with E-state index in [2.05, 4.69) is 30.0 Å². The fourth-order valence-electron chi connectivity index (χ4n) is 7.44. The minimum absolute atomic E-state index is 0.415. The number of aliphatic carboxylic acids is 3. The Bertz CT molecular complexity index is 2200. The minimum Gasteiger partial charge on any atom is -0.480 e. The lowest BCUT2D eigenvalue weighted by molar-refractivity contribution is -0.138. The molecule has 1 aromatic heterocycles. The lowest BCUT2D eigenvalue weighted by Gasteiger charge is -2.27. The summed E-state index contributed by atoms with van der Waals surface area (Å²) in [7, 11) is 0. The molecule has 0 amide bonds. The lowest BCUT2D eigenvalue weighted by atomic mass is 10.0. The van der Waals surface area contributed by atoms with Crippen LogP contribution in [0.5, 0.6) is 0 Å².